The Morgan fingerprint density at radius 3 is 2.71 bits per heavy atom. The summed E-state index contributed by atoms with van der Waals surface area (Å²) in [6.45, 7) is 3.92. The monoisotopic (exact) mass is 290 g/mol. The van der Waals surface area contributed by atoms with Crippen LogP contribution < -0.4 is 5.32 Å². The number of nitrogens with zero attached hydrogens (tertiary/aromatic N) is 1. The topological polar surface area (TPSA) is 32.3 Å². The van der Waals surface area contributed by atoms with Crippen LogP contribution in [0.5, 0.6) is 0 Å². The summed E-state index contributed by atoms with van der Waals surface area (Å²) >= 11 is 0. The standard InChI is InChI=1S/C17H23FN2O/c1-12(13-5-3-4-6-15(13)18)20(2)16(21)14-11-17(14)7-9-19-10-8-17/h3-6,12,14,19H,7-11H2,1-2H3/t12-,14-/m1/s1. The molecule has 1 saturated heterocycles. The highest BCUT2D eigenvalue weighted by Gasteiger charge is 2.58. The van der Waals surface area contributed by atoms with Crippen molar-refractivity contribution >= 4 is 5.91 Å². The zero-order valence-electron chi connectivity index (χ0n) is 12.7. The van der Waals surface area contributed by atoms with Crippen LogP contribution in [0.1, 0.15) is 37.8 Å². The second-order valence-corrected chi connectivity index (χ2v) is 6.52. The van der Waals surface area contributed by atoms with Gasteiger partial charge in [-0.25, -0.2) is 4.39 Å². The molecule has 4 heteroatoms. The fraction of sp³-hybridized carbons (Fsp3) is 0.588. The van der Waals surface area contributed by atoms with Gasteiger partial charge in [-0.3, -0.25) is 4.79 Å². The maximum absolute atomic E-state index is 13.9. The Labute approximate surface area is 125 Å². The molecule has 2 aliphatic rings. The second kappa shape index (κ2) is 5.41. The molecule has 3 nitrogen and oxygen atoms in total. The van der Waals surface area contributed by atoms with Crippen LogP contribution in [0.2, 0.25) is 0 Å². The number of carbonyl (C=O) groups excluding carboxylic acids is 1. The quantitative estimate of drug-likeness (QED) is 0.928. The van der Waals surface area contributed by atoms with E-state index in [1.807, 2.05) is 13.0 Å². The summed E-state index contributed by atoms with van der Waals surface area (Å²) in [6, 6.07) is 6.49. The van der Waals surface area contributed by atoms with Gasteiger partial charge in [0.15, 0.2) is 0 Å². The minimum absolute atomic E-state index is 0.138. The summed E-state index contributed by atoms with van der Waals surface area (Å²) in [5, 5.41) is 3.35. The number of amides is 1. The number of hydrogen-bond donors (Lipinski definition) is 1. The first-order chi connectivity index (χ1) is 10.1. The van der Waals surface area contributed by atoms with Gasteiger partial charge in [0, 0.05) is 18.5 Å². The lowest BCUT2D eigenvalue weighted by atomic mass is 9.91. The molecule has 0 unspecified atom stereocenters. The van der Waals surface area contributed by atoms with Crippen molar-refractivity contribution in [2.24, 2.45) is 11.3 Å². The molecule has 114 valence electrons. The molecule has 1 aromatic rings. The number of halogens is 1. The predicted molar refractivity (Wildman–Crippen MR) is 80.2 cm³/mol. The lowest BCUT2D eigenvalue weighted by molar-refractivity contribution is -0.134. The van der Waals surface area contributed by atoms with Crippen molar-refractivity contribution in [3.63, 3.8) is 0 Å². The molecule has 0 aromatic heterocycles. The Morgan fingerprint density at radius 2 is 2.05 bits per heavy atom. The van der Waals surface area contributed by atoms with Gasteiger partial charge in [0.05, 0.1) is 6.04 Å². The highest BCUT2D eigenvalue weighted by Crippen LogP contribution is 2.59. The van der Waals surface area contributed by atoms with Crippen molar-refractivity contribution in [3.8, 4) is 0 Å². The van der Waals surface area contributed by atoms with Crippen LogP contribution in [0, 0.1) is 17.2 Å². The molecule has 1 aliphatic heterocycles. The van der Waals surface area contributed by atoms with Crippen LogP contribution in [0.3, 0.4) is 0 Å². The Hall–Kier alpha value is -1.42. The molecule has 0 bridgehead atoms. The zero-order chi connectivity index (χ0) is 15.0. The second-order valence-electron chi connectivity index (χ2n) is 6.52. The van der Waals surface area contributed by atoms with Gasteiger partial charge >= 0.3 is 0 Å². The molecule has 21 heavy (non-hydrogen) atoms. The fourth-order valence-electron chi connectivity index (χ4n) is 3.63. The predicted octanol–water partition coefficient (Wildman–Crippen LogP) is 2.73. The van der Waals surface area contributed by atoms with Crippen LogP contribution in [0.15, 0.2) is 24.3 Å². The lowest BCUT2D eigenvalue weighted by Crippen LogP contribution is -2.36. The lowest BCUT2D eigenvalue weighted by Gasteiger charge is -2.28. The molecule has 1 aromatic carbocycles. The first-order valence-corrected chi connectivity index (χ1v) is 7.77. The SMILES string of the molecule is C[C@H](c1ccccc1F)N(C)C(=O)[C@H]1CC12CCNCC2. The Morgan fingerprint density at radius 1 is 1.38 bits per heavy atom. The van der Waals surface area contributed by atoms with Crippen LogP contribution in [0.25, 0.3) is 0 Å². The van der Waals surface area contributed by atoms with E-state index < -0.39 is 0 Å². The van der Waals surface area contributed by atoms with Crippen molar-refractivity contribution in [1.82, 2.24) is 10.2 Å². The number of benzene rings is 1. The molecule has 1 N–H and O–H groups in total. The third-order valence-electron chi connectivity index (χ3n) is 5.37. The van der Waals surface area contributed by atoms with Crippen molar-refractivity contribution < 1.29 is 9.18 Å². The average Bonchev–Trinajstić information content (AvgIpc) is 3.19. The van der Waals surface area contributed by atoms with Gasteiger partial charge in [-0.15, -0.1) is 0 Å². The number of nitrogens with one attached hydrogen (secondary N) is 1. The van der Waals surface area contributed by atoms with Crippen molar-refractivity contribution in [1.29, 1.82) is 0 Å². The smallest absolute Gasteiger partial charge is 0.226 e. The van der Waals surface area contributed by atoms with Crippen molar-refractivity contribution in [2.75, 3.05) is 20.1 Å². The van der Waals surface area contributed by atoms with Crippen molar-refractivity contribution in [2.45, 2.75) is 32.2 Å². The molecule has 2 fully saturated rings. The zero-order valence-corrected chi connectivity index (χ0v) is 12.7. The summed E-state index contributed by atoms with van der Waals surface area (Å²) in [5.41, 5.74) is 0.819. The molecule has 3 rings (SSSR count). The van der Waals surface area contributed by atoms with Gasteiger partial charge < -0.3 is 10.2 Å². The molecule has 1 amide bonds. The molecular weight excluding hydrogens is 267 g/mol. The largest absolute Gasteiger partial charge is 0.339 e. The van der Waals surface area contributed by atoms with E-state index >= 15 is 0 Å². The maximum Gasteiger partial charge on any atom is 0.226 e. The third-order valence-corrected chi connectivity index (χ3v) is 5.37. The van der Waals surface area contributed by atoms with Crippen LogP contribution in [-0.4, -0.2) is 30.9 Å². The van der Waals surface area contributed by atoms with E-state index in [0.717, 1.165) is 32.4 Å². The van der Waals surface area contributed by atoms with Gasteiger partial charge in [0.25, 0.3) is 0 Å². The van der Waals surface area contributed by atoms with Gasteiger partial charge in [-0.1, -0.05) is 18.2 Å². The molecule has 2 atom stereocenters. The molecule has 1 aliphatic carbocycles. The van der Waals surface area contributed by atoms with E-state index in [4.69, 9.17) is 0 Å². The molecule has 1 saturated carbocycles. The van der Waals surface area contributed by atoms with E-state index in [1.165, 1.54) is 6.07 Å². The summed E-state index contributed by atoms with van der Waals surface area (Å²) < 4.78 is 13.9. The Bertz CT molecular complexity index is 539. The molecular formula is C17H23FN2O. The van der Waals surface area contributed by atoms with Crippen LogP contribution in [-0.2, 0) is 4.79 Å². The highest BCUT2D eigenvalue weighted by atomic mass is 19.1. The highest BCUT2D eigenvalue weighted by molar-refractivity contribution is 5.83. The number of piperidine rings is 1. The molecule has 0 radical (unpaired) electrons. The average molecular weight is 290 g/mol. The van der Waals surface area contributed by atoms with E-state index in [2.05, 4.69) is 5.32 Å². The number of carbonyl (C=O) groups is 1. The first-order valence-electron chi connectivity index (χ1n) is 7.77. The van der Waals surface area contributed by atoms with Gasteiger partial charge in [0.1, 0.15) is 5.82 Å². The molecule has 1 spiro atoms. The van der Waals surface area contributed by atoms with Crippen LogP contribution >= 0.6 is 0 Å². The number of hydrogen-bond acceptors (Lipinski definition) is 2. The summed E-state index contributed by atoms with van der Waals surface area (Å²) in [7, 11) is 1.80. The van der Waals surface area contributed by atoms with E-state index in [9.17, 15) is 9.18 Å². The van der Waals surface area contributed by atoms with Gasteiger partial charge in [0.2, 0.25) is 5.91 Å². The summed E-state index contributed by atoms with van der Waals surface area (Å²) in [4.78, 5) is 14.4. The van der Waals surface area contributed by atoms with Gasteiger partial charge in [-0.2, -0.15) is 0 Å². The first kappa shape index (κ1) is 14.5. The molecule has 1 heterocycles. The number of rotatable bonds is 3. The Balaban J connectivity index is 1.69. The van der Waals surface area contributed by atoms with E-state index in [0.29, 0.717) is 5.56 Å². The van der Waals surface area contributed by atoms with E-state index in [1.54, 1.807) is 24.1 Å². The van der Waals surface area contributed by atoms with Crippen LogP contribution in [0.4, 0.5) is 4.39 Å². The van der Waals surface area contributed by atoms with Crippen molar-refractivity contribution in [3.05, 3.63) is 35.6 Å². The Kier molecular flexibility index (Phi) is 3.74. The normalized spacial score (nSPS) is 24.6. The summed E-state index contributed by atoms with van der Waals surface area (Å²) in [6.07, 6.45) is 3.18. The minimum atomic E-state index is -0.239. The summed E-state index contributed by atoms with van der Waals surface area (Å²) in [5.74, 6) is 0.0727. The fourth-order valence-corrected chi connectivity index (χ4v) is 3.63. The minimum Gasteiger partial charge on any atom is -0.339 e. The maximum atomic E-state index is 13.9. The third kappa shape index (κ3) is 2.57. The van der Waals surface area contributed by atoms with Gasteiger partial charge in [-0.05, 0) is 50.8 Å². The van der Waals surface area contributed by atoms with E-state index in [-0.39, 0.29) is 29.1 Å².